The Bertz CT molecular complexity index is 602. The summed E-state index contributed by atoms with van der Waals surface area (Å²) < 4.78 is 9.16. The Labute approximate surface area is 120 Å². The predicted molar refractivity (Wildman–Crippen MR) is 73.2 cm³/mol. The maximum atomic E-state index is 6.09. The molecule has 2 aromatic rings. The molecule has 1 nitrogen and oxygen atoms in total. The normalized spacial score (nSPS) is 13.5. The van der Waals surface area contributed by atoms with E-state index in [0.29, 0.717) is 0 Å². The van der Waals surface area contributed by atoms with Crippen molar-refractivity contribution in [2.24, 2.45) is 0 Å². The molecule has 0 aliphatic carbocycles. The molecule has 94 valence electrons. The zero-order chi connectivity index (χ0) is 12.8. The predicted octanol–water partition coefficient (Wildman–Crippen LogP) is 1.01. The van der Waals surface area contributed by atoms with Crippen LogP contribution < -0.4 is 25.6 Å². The quantitative estimate of drug-likeness (QED) is 0.485. The van der Waals surface area contributed by atoms with Crippen LogP contribution in [0.3, 0.4) is 0 Å². The Morgan fingerprint density at radius 1 is 0.889 bits per heavy atom. The Kier molecular flexibility index (Phi) is 2.98. The van der Waals surface area contributed by atoms with Gasteiger partial charge in [0.25, 0.3) is 0 Å². The van der Waals surface area contributed by atoms with E-state index in [4.69, 9.17) is 4.43 Å². The van der Waals surface area contributed by atoms with Crippen LogP contribution in [0.15, 0.2) is 42.5 Å². The minimum atomic E-state index is -1.51. The fourth-order valence-electron chi connectivity index (χ4n) is 2.08. The van der Waals surface area contributed by atoms with E-state index in [-0.39, 0.29) is 21.2 Å². The second-order valence-corrected chi connectivity index (χ2v) is 12.7. The zero-order valence-corrected chi connectivity index (χ0v) is 14.0. The van der Waals surface area contributed by atoms with Gasteiger partial charge in [-0.25, -0.2) is 0 Å². The molecule has 1 aliphatic heterocycles. The standard InChI is InChI=1S/C15H16IOSi/c1-18(2,3)17-11-8-9-15-13(10-11)12-6-4-5-7-14(12)16-15/h4-10H,1-3H3/q-1. The average molecular weight is 367 g/mol. The van der Waals surface area contributed by atoms with Crippen molar-refractivity contribution < 1.29 is 25.6 Å². The van der Waals surface area contributed by atoms with E-state index >= 15 is 0 Å². The van der Waals surface area contributed by atoms with Crippen molar-refractivity contribution in [3.05, 3.63) is 49.6 Å². The summed E-state index contributed by atoms with van der Waals surface area (Å²) in [5.74, 6) is 1.04. The third-order valence-corrected chi connectivity index (χ3v) is 6.62. The number of hydrogen-bond donors (Lipinski definition) is 0. The van der Waals surface area contributed by atoms with Crippen LogP contribution in [0, 0.1) is 7.14 Å². The molecule has 2 aromatic carbocycles. The summed E-state index contributed by atoms with van der Waals surface area (Å²) >= 11 is 0.0117. The maximum absolute atomic E-state index is 6.09. The average Bonchev–Trinajstić information content (AvgIpc) is 2.65. The van der Waals surface area contributed by atoms with Gasteiger partial charge < -0.3 is 0 Å². The van der Waals surface area contributed by atoms with E-state index in [1.807, 2.05) is 0 Å². The van der Waals surface area contributed by atoms with Gasteiger partial charge >= 0.3 is 120 Å². The van der Waals surface area contributed by atoms with Crippen molar-refractivity contribution in [3.8, 4) is 16.9 Å². The molecule has 0 saturated heterocycles. The van der Waals surface area contributed by atoms with Crippen LogP contribution in [0.4, 0.5) is 0 Å². The van der Waals surface area contributed by atoms with Crippen LogP contribution in [0.2, 0.25) is 19.6 Å². The van der Waals surface area contributed by atoms with Crippen molar-refractivity contribution in [1.29, 1.82) is 0 Å². The molecule has 0 amide bonds. The van der Waals surface area contributed by atoms with Gasteiger partial charge in [0, 0.05) is 0 Å². The van der Waals surface area contributed by atoms with E-state index < -0.39 is 8.32 Å². The molecule has 0 bridgehead atoms. The van der Waals surface area contributed by atoms with Crippen molar-refractivity contribution in [2.75, 3.05) is 0 Å². The first kappa shape index (κ1) is 12.2. The van der Waals surface area contributed by atoms with Gasteiger partial charge in [-0.05, 0) is 0 Å². The van der Waals surface area contributed by atoms with Gasteiger partial charge in [0.15, 0.2) is 0 Å². The van der Waals surface area contributed by atoms with Gasteiger partial charge in [-0.3, -0.25) is 0 Å². The van der Waals surface area contributed by atoms with Crippen LogP contribution >= 0.6 is 0 Å². The summed E-state index contributed by atoms with van der Waals surface area (Å²) in [4.78, 5) is 0. The summed E-state index contributed by atoms with van der Waals surface area (Å²) in [6.45, 7) is 6.67. The van der Waals surface area contributed by atoms with Crippen molar-refractivity contribution >= 4 is 8.32 Å². The molecule has 3 heteroatoms. The van der Waals surface area contributed by atoms with Crippen LogP contribution in [-0.4, -0.2) is 8.32 Å². The van der Waals surface area contributed by atoms with Crippen LogP contribution in [0.25, 0.3) is 11.1 Å². The fourth-order valence-corrected chi connectivity index (χ4v) is 5.79. The summed E-state index contributed by atoms with van der Waals surface area (Å²) in [7, 11) is -1.51. The number of benzene rings is 2. The van der Waals surface area contributed by atoms with E-state index in [2.05, 4.69) is 62.1 Å². The van der Waals surface area contributed by atoms with Crippen LogP contribution in [-0.2, 0) is 0 Å². The molecular weight excluding hydrogens is 351 g/mol. The minimum absolute atomic E-state index is 0.0117. The SMILES string of the molecule is C[Si](C)(C)Oc1ccc2c(c1)-c1ccccc1[I-]2. The topological polar surface area (TPSA) is 9.23 Å². The number of hydrogen-bond acceptors (Lipinski definition) is 1. The third-order valence-electron chi connectivity index (χ3n) is 2.73. The second kappa shape index (κ2) is 4.38. The molecule has 0 radical (unpaired) electrons. The first-order chi connectivity index (χ1) is 8.53. The fraction of sp³-hybridized carbons (Fsp3) is 0.200. The second-order valence-electron chi connectivity index (χ2n) is 5.43. The Morgan fingerprint density at radius 2 is 1.61 bits per heavy atom. The number of fused-ring (bicyclic) bond motifs is 3. The van der Waals surface area contributed by atoms with Crippen LogP contribution in [0.1, 0.15) is 0 Å². The van der Waals surface area contributed by atoms with Gasteiger partial charge in [-0.15, -0.1) is 0 Å². The van der Waals surface area contributed by atoms with Crippen molar-refractivity contribution in [1.82, 2.24) is 0 Å². The van der Waals surface area contributed by atoms with Gasteiger partial charge in [-0.1, -0.05) is 0 Å². The molecule has 0 spiro atoms. The Morgan fingerprint density at radius 3 is 2.39 bits per heavy atom. The molecule has 0 unspecified atom stereocenters. The molecular formula is C15H16IOSi-. The third kappa shape index (κ3) is 2.33. The summed E-state index contributed by atoms with van der Waals surface area (Å²) in [6.07, 6.45) is 0. The summed E-state index contributed by atoms with van der Waals surface area (Å²) in [5, 5.41) is 0. The first-order valence-electron chi connectivity index (χ1n) is 6.10. The molecule has 1 heterocycles. The monoisotopic (exact) mass is 367 g/mol. The summed E-state index contributed by atoms with van der Waals surface area (Å²) in [6, 6.07) is 15.4. The van der Waals surface area contributed by atoms with Crippen molar-refractivity contribution in [2.45, 2.75) is 19.6 Å². The van der Waals surface area contributed by atoms with Gasteiger partial charge in [-0.2, -0.15) is 0 Å². The molecule has 1 aliphatic rings. The summed E-state index contributed by atoms with van der Waals surface area (Å²) in [5.41, 5.74) is 2.82. The van der Waals surface area contributed by atoms with Gasteiger partial charge in [0.05, 0.1) is 0 Å². The van der Waals surface area contributed by atoms with E-state index in [0.717, 1.165) is 5.75 Å². The number of rotatable bonds is 2. The molecule has 0 atom stereocenters. The molecule has 18 heavy (non-hydrogen) atoms. The van der Waals surface area contributed by atoms with Gasteiger partial charge in [0.2, 0.25) is 0 Å². The first-order valence-corrected chi connectivity index (χ1v) is 11.7. The Hall–Kier alpha value is -0.813. The molecule has 0 aromatic heterocycles. The number of halogens is 1. The van der Waals surface area contributed by atoms with Gasteiger partial charge in [0.1, 0.15) is 0 Å². The van der Waals surface area contributed by atoms with E-state index in [1.54, 1.807) is 0 Å². The Balaban J connectivity index is 2.03. The zero-order valence-electron chi connectivity index (χ0n) is 10.8. The van der Waals surface area contributed by atoms with E-state index in [1.165, 1.54) is 18.3 Å². The van der Waals surface area contributed by atoms with Crippen LogP contribution in [0.5, 0.6) is 5.75 Å². The molecule has 0 saturated carbocycles. The molecule has 0 fully saturated rings. The van der Waals surface area contributed by atoms with Crippen molar-refractivity contribution in [3.63, 3.8) is 0 Å². The van der Waals surface area contributed by atoms with E-state index in [9.17, 15) is 0 Å². The molecule has 0 N–H and O–H groups in total. The molecule has 3 rings (SSSR count).